The van der Waals surface area contributed by atoms with E-state index in [-0.39, 0.29) is 5.91 Å². The van der Waals surface area contributed by atoms with Gasteiger partial charge >= 0.3 is 0 Å². The Labute approximate surface area is 109 Å². The molecule has 0 aromatic heterocycles. The summed E-state index contributed by atoms with van der Waals surface area (Å²) in [7, 11) is 0. The summed E-state index contributed by atoms with van der Waals surface area (Å²) < 4.78 is 0.940. The molecule has 1 amide bonds. The van der Waals surface area contributed by atoms with Crippen LogP contribution >= 0.6 is 27.5 Å². The molecule has 0 N–H and O–H groups in total. The number of carbonyl (C=O) groups excluding carboxylic acids is 1. The van der Waals surface area contributed by atoms with E-state index in [0.29, 0.717) is 11.4 Å². The average Bonchev–Trinajstić information content (AvgIpc) is 2.75. The summed E-state index contributed by atoms with van der Waals surface area (Å²) in [4.78, 5) is 13.8. The van der Waals surface area contributed by atoms with Crippen molar-refractivity contribution in [3.8, 4) is 0 Å². The lowest BCUT2D eigenvalue weighted by Crippen LogP contribution is -2.29. The lowest BCUT2D eigenvalue weighted by Gasteiger charge is -2.15. The summed E-state index contributed by atoms with van der Waals surface area (Å²) in [5.41, 5.74) is 0.904. The van der Waals surface area contributed by atoms with E-state index in [1.165, 1.54) is 0 Å². The van der Waals surface area contributed by atoms with Crippen LogP contribution in [0.1, 0.15) is 18.4 Å². The highest BCUT2D eigenvalue weighted by Gasteiger charge is 2.18. The van der Waals surface area contributed by atoms with Gasteiger partial charge in [-0.3, -0.25) is 4.79 Å². The van der Waals surface area contributed by atoms with Gasteiger partial charge in [-0.25, -0.2) is 0 Å². The Morgan fingerprint density at radius 3 is 2.69 bits per heavy atom. The normalized spacial score (nSPS) is 15.5. The molecule has 1 aliphatic rings. The molecule has 4 heteroatoms. The van der Waals surface area contributed by atoms with Crippen molar-refractivity contribution in [1.29, 1.82) is 0 Å². The monoisotopic (exact) mass is 301 g/mol. The fourth-order valence-corrected chi connectivity index (χ4v) is 2.65. The van der Waals surface area contributed by atoms with Gasteiger partial charge in [-0.1, -0.05) is 33.6 Å². The first kappa shape index (κ1) is 11.9. The van der Waals surface area contributed by atoms with Crippen LogP contribution in [0.4, 0.5) is 0 Å². The molecule has 1 aromatic rings. The van der Waals surface area contributed by atoms with Crippen LogP contribution in [0.15, 0.2) is 22.7 Å². The summed E-state index contributed by atoms with van der Waals surface area (Å²) in [5, 5.41) is 0.655. The second kappa shape index (κ2) is 5.19. The largest absolute Gasteiger partial charge is 0.342 e. The maximum Gasteiger partial charge on any atom is 0.227 e. The van der Waals surface area contributed by atoms with Gasteiger partial charge < -0.3 is 4.90 Å². The molecule has 0 atom stereocenters. The van der Waals surface area contributed by atoms with E-state index in [1.54, 1.807) is 0 Å². The molecular weight excluding hydrogens is 289 g/mol. The minimum absolute atomic E-state index is 0.182. The van der Waals surface area contributed by atoms with Crippen molar-refractivity contribution in [3.05, 3.63) is 33.3 Å². The smallest absolute Gasteiger partial charge is 0.227 e. The Morgan fingerprint density at radius 1 is 1.38 bits per heavy atom. The van der Waals surface area contributed by atoms with Crippen LogP contribution in [0, 0.1) is 0 Å². The van der Waals surface area contributed by atoms with Gasteiger partial charge in [0.15, 0.2) is 0 Å². The molecule has 0 unspecified atom stereocenters. The first-order valence-corrected chi connectivity index (χ1v) is 6.55. The van der Waals surface area contributed by atoms with E-state index in [0.717, 1.165) is 36.0 Å². The first-order valence-electron chi connectivity index (χ1n) is 5.38. The second-order valence-corrected chi connectivity index (χ2v) is 5.32. The van der Waals surface area contributed by atoms with Crippen LogP contribution in [0.25, 0.3) is 0 Å². The number of carbonyl (C=O) groups is 1. The van der Waals surface area contributed by atoms with E-state index in [9.17, 15) is 4.79 Å². The minimum Gasteiger partial charge on any atom is -0.342 e. The van der Waals surface area contributed by atoms with Gasteiger partial charge in [-0.2, -0.15) is 0 Å². The summed E-state index contributed by atoms with van der Waals surface area (Å²) in [6, 6.07) is 5.65. The molecule has 16 heavy (non-hydrogen) atoms. The molecular formula is C12H13BrClNO. The number of benzene rings is 1. The zero-order chi connectivity index (χ0) is 11.5. The zero-order valence-electron chi connectivity index (χ0n) is 8.88. The van der Waals surface area contributed by atoms with Crippen molar-refractivity contribution in [2.75, 3.05) is 13.1 Å². The molecule has 2 nitrogen and oxygen atoms in total. The average molecular weight is 303 g/mol. The minimum atomic E-state index is 0.182. The maximum absolute atomic E-state index is 11.9. The Balaban J connectivity index is 2.05. The van der Waals surface area contributed by atoms with Gasteiger partial charge in [0.2, 0.25) is 5.91 Å². The molecule has 1 fully saturated rings. The van der Waals surface area contributed by atoms with Crippen molar-refractivity contribution in [2.24, 2.45) is 0 Å². The van der Waals surface area contributed by atoms with Crippen LogP contribution in [0.2, 0.25) is 5.02 Å². The highest BCUT2D eigenvalue weighted by molar-refractivity contribution is 9.10. The number of amides is 1. The van der Waals surface area contributed by atoms with E-state index in [4.69, 9.17) is 11.6 Å². The number of likely N-dealkylation sites (tertiary alicyclic amines) is 1. The van der Waals surface area contributed by atoms with Crippen molar-refractivity contribution in [3.63, 3.8) is 0 Å². The highest BCUT2D eigenvalue weighted by atomic mass is 79.9. The summed E-state index contributed by atoms with van der Waals surface area (Å²) in [6.45, 7) is 1.79. The highest BCUT2D eigenvalue weighted by Crippen LogP contribution is 2.22. The number of hydrogen-bond donors (Lipinski definition) is 0. The van der Waals surface area contributed by atoms with Crippen molar-refractivity contribution >= 4 is 33.4 Å². The molecule has 0 bridgehead atoms. The third kappa shape index (κ3) is 2.77. The molecule has 0 saturated carbocycles. The Kier molecular flexibility index (Phi) is 3.87. The zero-order valence-corrected chi connectivity index (χ0v) is 11.2. The van der Waals surface area contributed by atoms with Gasteiger partial charge in [-0.15, -0.1) is 0 Å². The number of rotatable bonds is 2. The topological polar surface area (TPSA) is 20.3 Å². The van der Waals surface area contributed by atoms with Crippen molar-refractivity contribution in [1.82, 2.24) is 4.90 Å². The Hall–Kier alpha value is -0.540. The molecule has 1 aromatic carbocycles. The maximum atomic E-state index is 11.9. The standard InChI is InChI=1S/C12H13BrClNO/c13-10-4-3-9(11(14)8-10)7-12(16)15-5-1-2-6-15/h3-4,8H,1-2,5-7H2. The number of halogens is 2. The quantitative estimate of drug-likeness (QED) is 0.821. The van der Waals surface area contributed by atoms with Gasteiger partial charge in [-0.05, 0) is 30.5 Å². The van der Waals surface area contributed by atoms with Crippen LogP contribution < -0.4 is 0 Å². The number of hydrogen-bond acceptors (Lipinski definition) is 1. The summed E-state index contributed by atoms with van der Waals surface area (Å²) in [6.07, 6.45) is 2.66. The van der Waals surface area contributed by atoms with Crippen LogP contribution in [-0.2, 0) is 11.2 Å². The van der Waals surface area contributed by atoms with Crippen molar-refractivity contribution < 1.29 is 4.79 Å². The van der Waals surface area contributed by atoms with E-state index in [2.05, 4.69) is 15.9 Å². The SMILES string of the molecule is O=C(Cc1ccc(Br)cc1Cl)N1CCCC1. The van der Waals surface area contributed by atoms with Crippen LogP contribution in [-0.4, -0.2) is 23.9 Å². The molecule has 86 valence electrons. The molecule has 1 aliphatic heterocycles. The van der Waals surface area contributed by atoms with Crippen LogP contribution in [0.5, 0.6) is 0 Å². The second-order valence-electron chi connectivity index (χ2n) is 4.00. The molecule has 1 saturated heterocycles. The molecule has 0 radical (unpaired) electrons. The Morgan fingerprint density at radius 2 is 2.06 bits per heavy atom. The lowest BCUT2D eigenvalue weighted by atomic mass is 10.1. The summed E-state index contributed by atoms with van der Waals surface area (Å²) in [5.74, 6) is 0.182. The van der Waals surface area contributed by atoms with Gasteiger partial charge in [0.25, 0.3) is 0 Å². The fraction of sp³-hybridized carbons (Fsp3) is 0.417. The van der Waals surface area contributed by atoms with Crippen molar-refractivity contribution in [2.45, 2.75) is 19.3 Å². The Bertz CT molecular complexity index is 402. The van der Waals surface area contributed by atoms with Gasteiger partial charge in [0, 0.05) is 22.6 Å². The van der Waals surface area contributed by atoms with Crippen LogP contribution in [0.3, 0.4) is 0 Å². The molecule has 0 aliphatic carbocycles. The summed E-state index contributed by atoms with van der Waals surface area (Å²) >= 11 is 9.43. The predicted molar refractivity (Wildman–Crippen MR) is 68.7 cm³/mol. The third-order valence-corrected chi connectivity index (χ3v) is 3.66. The fourth-order valence-electron chi connectivity index (χ4n) is 1.91. The molecule has 2 rings (SSSR count). The van der Waals surface area contributed by atoms with E-state index < -0.39 is 0 Å². The molecule has 0 spiro atoms. The third-order valence-electron chi connectivity index (χ3n) is 2.82. The predicted octanol–water partition coefficient (Wildman–Crippen LogP) is 3.27. The number of nitrogens with zero attached hydrogens (tertiary/aromatic N) is 1. The van der Waals surface area contributed by atoms with Gasteiger partial charge in [0.05, 0.1) is 6.42 Å². The lowest BCUT2D eigenvalue weighted by molar-refractivity contribution is -0.129. The van der Waals surface area contributed by atoms with E-state index in [1.807, 2.05) is 23.1 Å². The first-order chi connectivity index (χ1) is 7.66. The van der Waals surface area contributed by atoms with E-state index >= 15 is 0 Å². The molecule has 1 heterocycles. The van der Waals surface area contributed by atoms with Gasteiger partial charge in [0.1, 0.15) is 0 Å².